The van der Waals surface area contributed by atoms with Crippen LogP contribution >= 0.6 is 11.8 Å². The van der Waals surface area contributed by atoms with Crippen LogP contribution in [0.4, 0.5) is 0 Å². The van der Waals surface area contributed by atoms with Crippen LogP contribution in [-0.2, 0) is 4.79 Å². The molecule has 0 spiro atoms. The van der Waals surface area contributed by atoms with E-state index in [9.17, 15) is 4.79 Å². The second kappa shape index (κ2) is 5.63. The fraction of sp³-hybridized carbons (Fsp3) is 0.300. The Hall–Kier alpha value is -1.20. The van der Waals surface area contributed by atoms with Crippen LogP contribution in [0, 0.1) is 0 Å². The first-order chi connectivity index (χ1) is 7.13. The Bertz CT molecular complexity index is 326. The molecule has 82 valence electrons. The van der Waals surface area contributed by atoms with Gasteiger partial charge in [0.2, 0.25) is 0 Å². The van der Waals surface area contributed by atoms with E-state index in [4.69, 9.17) is 15.6 Å². The molecule has 0 aliphatic rings. The number of nitrogens with two attached hydrogens (primary N) is 1. The zero-order valence-corrected chi connectivity index (χ0v) is 9.16. The summed E-state index contributed by atoms with van der Waals surface area (Å²) in [5.74, 6) is -0.430. The van der Waals surface area contributed by atoms with Gasteiger partial charge in [0.05, 0.1) is 0 Å². The number of aliphatic carboxylic acids is 1. The van der Waals surface area contributed by atoms with Gasteiger partial charge < -0.3 is 15.6 Å². The predicted molar refractivity (Wildman–Crippen MR) is 59.3 cm³/mol. The van der Waals surface area contributed by atoms with Crippen molar-refractivity contribution >= 4 is 17.7 Å². The first-order valence-electron chi connectivity index (χ1n) is 4.38. The van der Waals surface area contributed by atoms with Crippen molar-refractivity contribution in [2.24, 2.45) is 5.73 Å². The van der Waals surface area contributed by atoms with Crippen LogP contribution in [0.15, 0.2) is 29.2 Å². The molecule has 5 heteroatoms. The van der Waals surface area contributed by atoms with Crippen molar-refractivity contribution in [2.45, 2.75) is 10.9 Å². The number of carbonyl (C=O) groups is 1. The van der Waals surface area contributed by atoms with E-state index in [1.807, 2.05) is 18.4 Å². The van der Waals surface area contributed by atoms with Gasteiger partial charge in [0.25, 0.3) is 0 Å². The highest BCUT2D eigenvalue weighted by atomic mass is 32.2. The molecule has 3 N–H and O–H groups in total. The molecule has 0 saturated heterocycles. The maximum atomic E-state index is 10.4. The lowest BCUT2D eigenvalue weighted by atomic mass is 10.3. The summed E-state index contributed by atoms with van der Waals surface area (Å²) in [7, 11) is 0. The van der Waals surface area contributed by atoms with E-state index in [1.165, 1.54) is 0 Å². The topological polar surface area (TPSA) is 72.5 Å². The van der Waals surface area contributed by atoms with Gasteiger partial charge in [-0.1, -0.05) is 0 Å². The number of rotatable bonds is 5. The van der Waals surface area contributed by atoms with Crippen LogP contribution in [0.2, 0.25) is 0 Å². The second-order valence-corrected chi connectivity index (χ2v) is 3.81. The van der Waals surface area contributed by atoms with Gasteiger partial charge >= 0.3 is 5.97 Å². The first kappa shape index (κ1) is 11.9. The van der Waals surface area contributed by atoms with Crippen LogP contribution in [0.3, 0.4) is 0 Å². The molecule has 4 nitrogen and oxygen atoms in total. The zero-order chi connectivity index (χ0) is 11.3. The molecule has 0 bridgehead atoms. The van der Waals surface area contributed by atoms with E-state index < -0.39 is 12.0 Å². The molecule has 1 aromatic carbocycles. The van der Waals surface area contributed by atoms with Crippen molar-refractivity contribution < 1.29 is 14.6 Å². The number of benzene rings is 1. The molecular weight excluding hydrogens is 214 g/mol. The molecule has 0 heterocycles. The summed E-state index contributed by atoms with van der Waals surface area (Å²) in [6.07, 6.45) is 1.98. The van der Waals surface area contributed by atoms with Gasteiger partial charge in [-0.3, -0.25) is 4.79 Å². The number of ether oxygens (including phenoxy) is 1. The zero-order valence-electron chi connectivity index (χ0n) is 8.34. The third kappa shape index (κ3) is 3.81. The van der Waals surface area contributed by atoms with Crippen molar-refractivity contribution in [1.29, 1.82) is 0 Å². The van der Waals surface area contributed by atoms with Gasteiger partial charge in [0.15, 0.2) is 0 Å². The quantitative estimate of drug-likeness (QED) is 0.739. The van der Waals surface area contributed by atoms with Gasteiger partial charge in [-0.25, -0.2) is 0 Å². The number of carboxylic acids is 1. The van der Waals surface area contributed by atoms with Crippen molar-refractivity contribution in [3.8, 4) is 5.75 Å². The number of thioether (sulfide) groups is 1. The Morgan fingerprint density at radius 1 is 1.53 bits per heavy atom. The Balaban J connectivity index is 2.47. The van der Waals surface area contributed by atoms with E-state index in [1.54, 1.807) is 23.9 Å². The Kier molecular flexibility index (Phi) is 4.45. The highest BCUT2D eigenvalue weighted by Gasteiger charge is 2.11. The lowest BCUT2D eigenvalue weighted by Gasteiger charge is -2.09. The van der Waals surface area contributed by atoms with Gasteiger partial charge in [-0.2, -0.15) is 0 Å². The molecule has 1 aromatic rings. The molecule has 15 heavy (non-hydrogen) atoms. The standard InChI is InChI=1S/C10H13NO3S/c1-15-8-4-2-7(3-5-8)14-6-9(11)10(12)13/h2-5,9H,6,11H2,1H3,(H,12,13). The molecular formula is C10H13NO3S. The second-order valence-electron chi connectivity index (χ2n) is 2.93. The average molecular weight is 227 g/mol. The van der Waals surface area contributed by atoms with E-state index >= 15 is 0 Å². The van der Waals surface area contributed by atoms with Crippen LogP contribution in [0.25, 0.3) is 0 Å². The number of hydrogen-bond acceptors (Lipinski definition) is 4. The normalized spacial score (nSPS) is 12.1. The lowest BCUT2D eigenvalue weighted by molar-refractivity contribution is -0.139. The minimum absolute atomic E-state index is 0.0199. The van der Waals surface area contributed by atoms with Gasteiger partial charge in [0, 0.05) is 4.90 Å². The molecule has 0 saturated carbocycles. The Morgan fingerprint density at radius 2 is 2.13 bits per heavy atom. The molecule has 1 unspecified atom stereocenters. The molecule has 0 radical (unpaired) electrons. The maximum absolute atomic E-state index is 10.4. The first-order valence-corrected chi connectivity index (χ1v) is 5.61. The van der Waals surface area contributed by atoms with Crippen LogP contribution in [-0.4, -0.2) is 30.0 Å². The maximum Gasteiger partial charge on any atom is 0.324 e. The minimum Gasteiger partial charge on any atom is -0.491 e. The third-order valence-electron chi connectivity index (χ3n) is 1.81. The fourth-order valence-electron chi connectivity index (χ4n) is 0.929. The summed E-state index contributed by atoms with van der Waals surface area (Å²) >= 11 is 1.63. The van der Waals surface area contributed by atoms with Gasteiger partial charge in [-0.05, 0) is 30.5 Å². The van der Waals surface area contributed by atoms with E-state index in [-0.39, 0.29) is 6.61 Å². The van der Waals surface area contributed by atoms with Gasteiger partial charge in [-0.15, -0.1) is 11.8 Å². The summed E-state index contributed by atoms with van der Waals surface area (Å²) in [6, 6.07) is 6.42. The highest BCUT2D eigenvalue weighted by molar-refractivity contribution is 7.98. The average Bonchev–Trinajstić information content (AvgIpc) is 2.26. The summed E-state index contributed by atoms with van der Waals surface area (Å²) < 4.78 is 5.21. The van der Waals surface area contributed by atoms with Gasteiger partial charge in [0.1, 0.15) is 18.4 Å². The van der Waals surface area contributed by atoms with E-state index in [0.717, 1.165) is 4.90 Å². The molecule has 1 atom stereocenters. The third-order valence-corrected chi connectivity index (χ3v) is 2.55. The lowest BCUT2D eigenvalue weighted by Crippen LogP contribution is -2.36. The molecule has 0 aliphatic carbocycles. The molecule has 0 aromatic heterocycles. The highest BCUT2D eigenvalue weighted by Crippen LogP contribution is 2.18. The Morgan fingerprint density at radius 3 is 2.60 bits per heavy atom. The molecule has 0 aliphatic heterocycles. The Labute approximate surface area is 92.4 Å². The number of carboxylic acid groups (broad SMARTS) is 1. The molecule has 0 fully saturated rings. The van der Waals surface area contributed by atoms with E-state index in [0.29, 0.717) is 5.75 Å². The van der Waals surface area contributed by atoms with Crippen LogP contribution in [0.5, 0.6) is 5.75 Å². The van der Waals surface area contributed by atoms with Crippen molar-refractivity contribution in [3.63, 3.8) is 0 Å². The summed E-state index contributed by atoms with van der Waals surface area (Å²) in [4.78, 5) is 11.5. The molecule has 0 amide bonds. The van der Waals surface area contributed by atoms with Crippen molar-refractivity contribution in [2.75, 3.05) is 12.9 Å². The van der Waals surface area contributed by atoms with Crippen LogP contribution < -0.4 is 10.5 Å². The monoisotopic (exact) mass is 227 g/mol. The largest absolute Gasteiger partial charge is 0.491 e. The molecule has 1 rings (SSSR count). The number of hydrogen-bond donors (Lipinski definition) is 2. The van der Waals surface area contributed by atoms with Crippen LogP contribution in [0.1, 0.15) is 0 Å². The predicted octanol–water partition coefficient (Wildman–Crippen LogP) is 1.20. The van der Waals surface area contributed by atoms with Crippen molar-refractivity contribution in [3.05, 3.63) is 24.3 Å². The SMILES string of the molecule is CSc1ccc(OCC(N)C(=O)O)cc1. The smallest absolute Gasteiger partial charge is 0.324 e. The van der Waals surface area contributed by atoms with E-state index in [2.05, 4.69) is 0 Å². The van der Waals surface area contributed by atoms with Crippen molar-refractivity contribution in [1.82, 2.24) is 0 Å². The fourth-order valence-corrected chi connectivity index (χ4v) is 1.34. The summed E-state index contributed by atoms with van der Waals surface area (Å²) in [6.45, 7) is -0.0199. The minimum atomic E-state index is -1.06. The summed E-state index contributed by atoms with van der Waals surface area (Å²) in [5, 5.41) is 8.53. The summed E-state index contributed by atoms with van der Waals surface area (Å²) in [5.41, 5.74) is 5.29.